The van der Waals surface area contributed by atoms with Gasteiger partial charge in [0.2, 0.25) is 0 Å². The minimum Gasteiger partial charge on any atom is -0.374 e. The molecule has 1 atom stereocenters. The van der Waals surface area contributed by atoms with Crippen molar-refractivity contribution in [2.24, 2.45) is 5.92 Å². The highest BCUT2D eigenvalue weighted by Gasteiger charge is 2.07. The first-order valence-corrected chi connectivity index (χ1v) is 7.14. The highest BCUT2D eigenvalue weighted by atomic mass is 79.9. The fourth-order valence-corrected chi connectivity index (χ4v) is 2.48. The van der Waals surface area contributed by atoms with Crippen LogP contribution in [-0.2, 0) is 5.33 Å². The van der Waals surface area contributed by atoms with Crippen LogP contribution in [0.15, 0.2) is 18.2 Å². The second kappa shape index (κ2) is 6.51. The van der Waals surface area contributed by atoms with Crippen LogP contribution in [0.1, 0.15) is 25.8 Å². The molecule has 90 valence electrons. The first-order chi connectivity index (χ1) is 7.58. The van der Waals surface area contributed by atoms with E-state index in [1.54, 1.807) is 0 Å². The molecule has 3 heteroatoms. The van der Waals surface area contributed by atoms with Crippen LogP contribution in [0.25, 0.3) is 0 Å². The van der Waals surface area contributed by atoms with E-state index < -0.39 is 0 Å². The van der Waals surface area contributed by atoms with E-state index in [0.29, 0.717) is 5.92 Å². The van der Waals surface area contributed by atoms with Gasteiger partial charge in [0, 0.05) is 29.6 Å². The average Bonchev–Trinajstić information content (AvgIpc) is 2.28. The smallest absolute Gasteiger partial charge is 0.0467 e. The Kier molecular flexibility index (Phi) is 5.63. The van der Waals surface area contributed by atoms with Crippen molar-refractivity contribution in [2.75, 3.05) is 18.5 Å². The number of anilines is 1. The van der Waals surface area contributed by atoms with Gasteiger partial charge in [-0.05, 0) is 23.6 Å². The van der Waals surface area contributed by atoms with Gasteiger partial charge in [-0.1, -0.05) is 53.9 Å². The SMILES string of the molecule is CCC(C)CN(C)c1ccc(CBr)c(Cl)c1. The first-order valence-electron chi connectivity index (χ1n) is 5.64. The molecule has 1 aromatic carbocycles. The summed E-state index contributed by atoms with van der Waals surface area (Å²) in [7, 11) is 2.12. The highest BCUT2D eigenvalue weighted by molar-refractivity contribution is 9.08. The van der Waals surface area contributed by atoms with Crippen LogP contribution in [0.4, 0.5) is 5.69 Å². The number of hydrogen-bond donors (Lipinski definition) is 0. The third kappa shape index (κ3) is 3.67. The third-order valence-corrected chi connectivity index (χ3v) is 3.86. The number of rotatable bonds is 5. The molecule has 1 aromatic rings. The van der Waals surface area contributed by atoms with E-state index in [1.807, 2.05) is 6.07 Å². The summed E-state index contributed by atoms with van der Waals surface area (Å²) in [5, 5.41) is 1.65. The van der Waals surface area contributed by atoms with E-state index in [0.717, 1.165) is 22.5 Å². The maximum atomic E-state index is 6.19. The zero-order valence-corrected chi connectivity index (χ0v) is 12.5. The van der Waals surface area contributed by atoms with Crippen LogP contribution in [0.5, 0.6) is 0 Å². The van der Waals surface area contributed by atoms with Crippen molar-refractivity contribution in [2.45, 2.75) is 25.6 Å². The number of benzene rings is 1. The Morgan fingerprint density at radius 3 is 2.62 bits per heavy atom. The largest absolute Gasteiger partial charge is 0.374 e. The van der Waals surface area contributed by atoms with Crippen LogP contribution in [0.3, 0.4) is 0 Å². The zero-order valence-electron chi connectivity index (χ0n) is 10.1. The van der Waals surface area contributed by atoms with Crippen molar-refractivity contribution in [3.05, 3.63) is 28.8 Å². The Labute approximate surface area is 112 Å². The zero-order chi connectivity index (χ0) is 12.1. The molecule has 1 rings (SSSR count). The molecule has 0 saturated carbocycles. The van der Waals surface area contributed by atoms with Crippen molar-refractivity contribution in [1.82, 2.24) is 0 Å². The number of halogens is 2. The minimum atomic E-state index is 0.708. The van der Waals surface area contributed by atoms with E-state index in [2.05, 4.69) is 53.9 Å². The van der Waals surface area contributed by atoms with E-state index in [1.165, 1.54) is 12.1 Å². The summed E-state index contributed by atoms with van der Waals surface area (Å²) in [4.78, 5) is 2.26. The Hall–Kier alpha value is -0.210. The summed E-state index contributed by atoms with van der Waals surface area (Å²) in [6, 6.07) is 6.25. The lowest BCUT2D eigenvalue weighted by molar-refractivity contribution is 0.560. The van der Waals surface area contributed by atoms with Crippen LogP contribution in [0.2, 0.25) is 5.02 Å². The Bertz CT molecular complexity index is 341. The molecule has 0 N–H and O–H groups in total. The molecule has 1 unspecified atom stereocenters. The van der Waals surface area contributed by atoms with Gasteiger partial charge in [0.25, 0.3) is 0 Å². The lowest BCUT2D eigenvalue weighted by atomic mass is 10.1. The lowest BCUT2D eigenvalue weighted by Gasteiger charge is -2.23. The van der Waals surface area contributed by atoms with Crippen LogP contribution in [-0.4, -0.2) is 13.6 Å². The Morgan fingerprint density at radius 2 is 2.12 bits per heavy atom. The number of nitrogens with zero attached hydrogens (tertiary/aromatic N) is 1. The van der Waals surface area contributed by atoms with Gasteiger partial charge in [-0.3, -0.25) is 0 Å². The van der Waals surface area contributed by atoms with Crippen molar-refractivity contribution >= 4 is 33.2 Å². The van der Waals surface area contributed by atoms with E-state index in [9.17, 15) is 0 Å². The van der Waals surface area contributed by atoms with Crippen molar-refractivity contribution in [1.29, 1.82) is 0 Å². The summed E-state index contributed by atoms with van der Waals surface area (Å²) in [6.07, 6.45) is 1.21. The normalized spacial score (nSPS) is 12.6. The first kappa shape index (κ1) is 13.9. The van der Waals surface area contributed by atoms with E-state index >= 15 is 0 Å². The molecule has 16 heavy (non-hydrogen) atoms. The summed E-state index contributed by atoms with van der Waals surface area (Å²) < 4.78 is 0. The van der Waals surface area contributed by atoms with Gasteiger partial charge >= 0.3 is 0 Å². The summed E-state index contributed by atoms with van der Waals surface area (Å²) in [5.41, 5.74) is 2.33. The van der Waals surface area contributed by atoms with Gasteiger partial charge < -0.3 is 4.90 Å². The van der Waals surface area contributed by atoms with E-state index in [4.69, 9.17) is 11.6 Å². The molecule has 0 aromatic heterocycles. The van der Waals surface area contributed by atoms with Gasteiger partial charge in [-0.25, -0.2) is 0 Å². The summed E-state index contributed by atoms with van der Waals surface area (Å²) in [6.45, 7) is 5.56. The molecule has 0 fully saturated rings. The predicted octanol–water partition coefficient (Wildman–Crippen LogP) is 4.72. The molecule has 0 aliphatic carbocycles. The van der Waals surface area contributed by atoms with Crippen molar-refractivity contribution < 1.29 is 0 Å². The molecule has 0 heterocycles. The monoisotopic (exact) mass is 303 g/mol. The Morgan fingerprint density at radius 1 is 1.44 bits per heavy atom. The second-order valence-electron chi connectivity index (χ2n) is 4.30. The molecule has 0 radical (unpaired) electrons. The molecule has 1 nitrogen and oxygen atoms in total. The topological polar surface area (TPSA) is 3.24 Å². The quantitative estimate of drug-likeness (QED) is 0.712. The van der Waals surface area contributed by atoms with Crippen molar-refractivity contribution in [3.63, 3.8) is 0 Å². The average molecular weight is 305 g/mol. The predicted molar refractivity (Wildman–Crippen MR) is 76.8 cm³/mol. The molecule has 0 saturated heterocycles. The molecule has 0 amide bonds. The minimum absolute atomic E-state index is 0.708. The number of hydrogen-bond acceptors (Lipinski definition) is 1. The third-order valence-electron chi connectivity index (χ3n) is 2.90. The van der Waals surface area contributed by atoms with Crippen molar-refractivity contribution in [3.8, 4) is 0 Å². The molecular weight excluding hydrogens is 286 g/mol. The molecule has 0 aliphatic heterocycles. The Balaban J connectivity index is 2.76. The van der Waals surface area contributed by atoms with Crippen LogP contribution < -0.4 is 4.90 Å². The summed E-state index contributed by atoms with van der Waals surface area (Å²) >= 11 is 9.61. The molecule has 0 spiro atoms. The van der Waals surface area contributed by atoms with Crippen LogP contribution >= 0.6 is 27.5 Å². The lowest BCUT2D eigenvalue weighted by Crippen LogP contribution is -2.23. The maximum Gasteiger partial charge on any atom is 0.0467 e. The number of alkyl halides is 1. The summed E-state index contributed by atoms with van der Waals surface area (Å²) in [5.74, 6) is 0.708. The van der Waals surface area contributed by atoms with Gasteiger partial charge in [-0.2, -0.15) is 0 Å². The molecular formula is C13H19BrClN. The van der Waals surface area contributed by atoms with E-state index in [-0.39, 0.29) is 0 Å². The molecule has 0 bridgehead atoms. The van der Waals surface area contributed by atoms with Gasteiger partial charge in [-0.15, -0.1) is 0 Å². The van der Waals surface area contributed by atoms with Gasteiger partial charge in [0.1, 0.15) is 0 Å². The maximum absolute atomic E-state index is 6.19. The highest BCUT2D eigenvalue weighted by Crippen LogP contribution is 2.25. The fourth-order valence-electron chi connectivity index (χ4n) is 1.58. The fraction of sp³-hybridized carbons (Fsp3) is 0.538. The standard InChI is InChI=1S/C13H19BrClN/c1-4-10(2)9-16(3)12-6-5-11(8-14)13(15)7-12/h5-7,10H,4,8-9H2,1-3H3. The van der Waals surface area contributed by atoms with Gasteiger partial charge in [0.05, 0.1) is 0 Å². The van der Waals surface area contributed by atoms with Crippen LogP contribution in [0, 0.1) is 5.92 Å². The second-order valence-corrected chi connectivity index (χ2v) is 5.27. The molecule has 0 aliphatic rings. The van der Waals surface area contributed by atoms with Gasteiger partial charge in [0.15, 0.2) is 0 Å².